The lowest BCUT2D eigenvalue weighted by Gasteiger charge is -2.24. The Bertz CT molecular complexity index is 1400. The smallest absolute Gasteiger partial charge is 0.264 e. The van der Waals surface area contributed by atoms with Crippen molar-refractivity contribution < 1.29 is 13.2 Å². The zero-order valence-corrected chi connectivity index (χ0v) is 20.7. The Morgan fingerprint density at radius 1 is 0.882 bits per heavy atom. The molecule has 0 aliphatic heterocycles. The first-order valence-corrected chi connectivity index (χ1v) is 13.5. The molecule has 1 N–H and O–H groups in total. The molecule has 0 aromatic heterocycles. The fraction of sp³-hybridized carbons (Fsp3) is 0.148. The first-order valence-electron chi connectivity index (χ1n) is 10.9. The molecule has 4 aromatic carbocycles. The molecule has 0 unspecified atom stereocenters. The molecule has 7 heteroatoms. The van der Waals surface area contributed by atoms with Gasteiger partial charge in [0.1, 0.15) is 6.54 Å². The Morgan fingerprint density at radius 3 is 2.26 bits per heavy atom. The number of amides is 1. The van der Waals surface area contributed by atoms with E-state index < -0.39 is 10.0 Å². The molecule has 0 fully saturated rings. The molecule has 4 aromatic rings. The highest BCUT2D eigenvalue weighted by Crippen LogP contribution is 2.26. The highest BCUT2D eigenvalue weighted by molar-refractivity contribution is 7.98. The third kappa shape index (κ3) is 5.26. The van der Waals surface area contributed by atoms with Gasteiger partial charge in [0.25, 0.3) is 10.0 Å². The van der Waals surface area contributed by atoms with E-state index in [0.717, 1.165) is 26.8 Å². The second-order valence-electron chi connectivity index (χ2n) is 7.94. The van der Waals surface area contributed by atoms with Crippen molar-refractivity contribution in [2.45, 2.75) is 23.3 Å². The van der Waals surface area contributed by atoms with E-state index in [4.69, 9.17) is 0 Å². The van der Waals surface area contributed by atoms with Crippen LogP contribution in [0.4, 0.5) is 5.69 Å². The van der Waals surface area contributed by atoms with Crippen molar-refractivity contribution in [3.63, 3.8) is 0 Å². The first kappa shape index (κ1) is 23.9. The number of anilines is 1. The van der Waals surface area contributed by atoms with Gasteiger partial charge in [-0.1, -0.05) is 60.2 Å². The van der Waals surface area contributed by atoms with Crippen LogP contribution < -0.4 is 9.62 Å². The maximum absolute atomic E-state index is 13.5. The van der Waals surface area contributed by atoms with Gasteiger partial charge < -0.3 is 5.32 Å². The van der Waals surface area contributed by atoms with E-state index in [1.165, 1.54) is 16.1 Å². The van der Waals surface area contributed by atoms with E-state index in [-0.39, 0.29) is 17.3 Å². The number of sulfonamides is 1. The molecule has 0 saturated heterocycles. The Hall–Kier alpha value is -3.29. The Balaban J connectivity index is 1.59. The minimum Gasteiger partial charge on any atom is -0.350 e. The SMILES string of the molecule is CSc1ccc(S(=O)(=O)N(CC(=O)NCc2cccc3ccccc23)c2ccc(C)cc2)cc1. The number of hydrogen-bond donors (Lipinski definition) is 1. The summed E-state index contributed by atoms with van der Waals surface area (Å²) in [6.07, 6.45) is 1.93. The molecule has 5 nitrogen and oxygen atoms in total. The summed E-state index contributed by atoms with van der Waals surface area (Å²) in [5.74, 6) is -0.377. The van der Waals surface area contributed by atoms with Crippen LogP contribution in [0.3, 0.4) is 0 Å². The van der Waals surface area contributed by atoms with E-state index in [2.05, 4.69) is 5.32 Å². The lowest BCUT2D eigenvalue weighted by molar-refractivity contribution is -0.119. The number of aryl methyl sites for hydroxylation is 1. The largest absolute Gasteiger partial charge is 0.350 e. The Kier molecular flexibility index (Phi) is 7.24. The zero-order chi connectivity index (χ0) is 24.1. The zero-order valence-electron chi connectivity index (χ0n) is 19.1. The molecule has 0 aliphatic rings. The number of nitrogens with one attached hydrogen (secondary N) is 1. The van der Waals surface area contributed by atoms with E-state index in [9.17, 15) is 13.2 Å². The lowest BCUT2D eigenvalue weighted by Crippen LogP contribution is -2.40. The maximum atomic E-state index is 13.5. The van der Waals surface area contributed by atoms with E-state index in [1.807, 2.05) is 67.8 Å². The summed E-state index contributed by atoms with van der Waals surface area (Å²) in [5, 5.41) is 5.04. The highest BCUT2D eigenvalue weighted by Gasteiger charge is 2.27. The number of nitrogens with zero attached hydrogens (tertiary/aromatic N) is 1. The van der Waals surface area contributed by atoms with Gasteiger partial charge in [0.15, 0.2) is 0 Å². The fourth-order valence-corrected chi connectivity index (χ4v) is 5.56. The van der Waals surface area contributed by atoms with Gasteiger partial charge in [-0.3, -0.25) is 9.10 Å². The van der Waals surface area contributed by atoms with Crippen LogP contribution in [0.5, 0.6) is 0 Å². The third-order valence-corrected chi connectivity index (χ3v) is 8.14. The van der Waals surface area contributed by atoms with Crippen LogP contribution >= 0.6 is 11.8 Å². The summed E-state index contributed by atoms with van der Waals surface area (Å²) >= 11 is 1.54. The predicted molar refractivity (Wildman–Crippen MR) is 140 cm³/mol. The van der Waals surface area contributed by atoms with Crippen molar-refractivity contribution in [3.8, 4) is 0 Å². The number of benzene rings is 4. The van der Waals surface area contributed by atoms with E-state index in [1.54, 1.807) is 36.4 Å². The van der Waals surface area contributed by atoms with Gasteiger partial charge in [-0.2, -0.15) is 0 Å². The summed E-state index contributed by atoms with van der Waals surface area (Å²) in [7, 11) is -3.94. The van der Waals surface area contributed by atoms with Gasteiger partial charge >= 0.3 is 0 Å². The van der Waals surface area contributed by atoms with Gasteiger partial charge in [-0.25, -0.2) is 8.42 Å². The number of carbonyl (C=O) groups excluding carboxylic acids is 1. The van der Waals surface area contributed by atoms with Crippen molar-refractivity contribution in [3.05, 3.63) is 102 Å². The molecule has 0 spiro atoms. The van der Waals surface area contributed by atoms with Crippen LogP contribution in [0.1, 0.15) is 11.1 Å². The average Bonchev–Trinajstić information content (AvgIpc) is 2.86. The van der Waals surface area contributed by atoms with Crippen LogP contribution in [0.2, 0.25) is 0 Å². The average molecular weight is 491 g/mol. The molecule has 4 rings (SSSR count). The number of carbonyl (C=O) groups is 1. The minimum atomic E-state index is -3.94. The van der Waals surface area contributed by atoms with Crippen molar-refractivity contribution in [2.75, 3.05) is 17.1 Å². The Labute approximate surface area is 204 Å². The van der Waals surface area contributed by atoms with E-state index >= 15 is 0 Å². The van der Waals surface area contributed by atoms with Crippen molar-refractivity contribution in [2.24, 2.45) is 0 Å². The van der Waals surface area contributed by atoms with Gasteiger partial charge in [0, 0.05) is 11.4 Å². The lowest BCUT2D eigenvalue weighted by atomic mass is 10.0. The molecule has 0 aliphatic carbocycles. The molecule has 0 saturated carbocycles. The van der Waals surface area contributed by atoms with E-state index in [0.29, 0.717) is 12.2 Å². The minimum absolute atomic E-state index is 0.146. The molecular formula is C27H26N2O3S2. The molecule has 0 atom stereocenters. The van der Waals surface area contributed by atoms with Gasteiger partial charge in [0.2, 0.25) is 5.91 Å². The third-order valence-electron chi connectivity index (χ3n) is 5.61. The fourth-order valence-electron chi connectivity index (χ4n) is 3.73. The number of thioether (sulfide) groups is 1. The van der Waals surface area contributed by atoms with Gasteiger partial charge in [-0.15, -0.1) is 11.8 Å². The summed E-state index contributed by atoms with van der Waals surface area (Å²) < 4.78 is 28.2. The Morgan fingerprint density at radius 2 is 1.56 bits per heavy atom. The molecule has 1 amide bonds. The second-order valence-corrected chi connectivity index (χ2v) is 10.7. The van der Waals surface area contributed by atoms with Gasteiger partial charge in [-0.05, 0) is 65.9 Å². The summed E-state index contributed by atoms with van der Waals surface area (Å²) in [6.45, 7) is 1.92. The molecule has 0 heterocycles. The maximum Gasteiger partial charge on any atom is 0.264 e. The van der Waals surface area contributed by atoms with Gasteiger partial charge in [0.05, 0.1) is 10.6 Å². The van der Waals surface area contributed by atoms with Crippen LogP contribution in [-0.4, -0.2) is 27.1 Å². The number of rotatable bonds is 8. The first-order chi connectivity index (χ1) is 16.4. The standard InChI is InChI=1S/C27H26N2O3S2/c1-20-10-12-23(13-11-20)29(34(31,32)25-16-14-24(33-2)15-17-25)19-27(30)28-18-22-8-5-7-21-6-3-4-9-26(21)22/h3-17H,18-19H2,1-2H3,(H,28,30). The van der Waals surface area contributed by atoms with Crippen molar-refractivity contribution in [1.82, 2.24) is 5.32 Å². The molecule has 34 heavy (non-hydrogen) atoms. The summed E-state index contributed by atoms with van der Waals surface area (Å²) in [6, 6.07) is 27.7. The van der Waals surface area contributed by atoms with Crippen molar-refractivity contribution in [1.29, 1.82) is 0 Å². The molecule has 0 bridgehead atoms. The van der Waals surface area contributed by atoms with Crippen LogP contribution in [0.15, 0.2) is 101 Å². The normalized spacial score (nSPS) is 11.4. The van der Waals surface area contributed by atoms with Crippen LogP contribution in [0.25, 0.3) is 10.8 Å². The summed E-state index contributed by atoms with van der Waals surface area (Å²) in [5.41, 5.74) is 2.43. The van der Waals surface area contributed by atoms with Crippen molar-refractivity contribution >= 4 is 44.2 Å². The quantitative estimate of drug-likeness (QED) is 0.337. The van der Waals surface area contributed by atoms with Crippen LogP contribution in [-0.2, 0) is 21.4 Å². The molecular weight excluding hydrogens is 464 g/mol. The van der Waals surface area contributed by atoms with Crippen LogP contribution in [0, 0.1) is 6.92 Å². The monoisotopic (exact) mass is 490 g/mol. The highest BCUT2D eigenvalue weighted by atomic mass is 32.2. The molecule has 0 radical (unpaired) electrons. The second kappa shape index (κ2) is 10.3. The topological polar surface area (TPSA) is 66.5 Å². The molecule has 174 valence electrons. The number of fused-ring (bicyclic) bond motifs is 1. The predicted octanol–water partition coefficient (Wildman–Crippen LogP) is 5.38. The summed E-state index contributed by atoms with van der Waals surface area (Å²) in [4.78, 5) is 14.1. The number of hydrogen-bond acceptors (Lipinski definition) is 4.